The Morgan fingerprint density at radius 3 is 2.75 bits per heavy atom. The van der Waals surface area contributed by atoms with E-state index in [0.29, 0.717) is 6.04 Å². The molecular weight excluding hydrogens is 246 g/mol. The molecule has 0 radical (unpaired) electrons. The summed E-state index contributed by atoms with van der Waals surface area (Å²) < 4.78 is 5.97. The standard InChI is InChI=1S/C18H29NO/c1-5-7-8-9-16(19-6-2)14-10-11-17-15(12-14)13-18(3,4)20-17/h10-12,16,19H,5-9,13H2,1-4H3. The van der Waals surface area contributed by atoms with Crippen molar-refractivity contribution in [2.75, 3.05) is 6.54 Å². The molecular formula is C18H29NO. The van der Waals surface area contributed by atoms with Crippen LogP contribution in [0.4, 0.5) is 0 Å². The van der Waals surface area contributed by atoms with Crippen LogP contribution in [0, 0.1) is 0 Å². The van der Waals surface area contributed by atoms with Gasteiger partial charge in [0.15, 0.2) is 0 Å². The maximum absolute atomic E-state index is 5.97. The molecule has 1 aromatic carbocycles. The number of hydrogen-bond donors (Lipinski definition) is 1. The summed E-state index contributed by atoms with van der Waals surface area (Å²) in [5, 5.41) is 3.63. The summed E-state index contributed by atoms with van der Waals surface area (Å²) >= 11 is 0. The number of unbranched alkanes of at least 4 members (excludes halogenated alkanes) is 2. The smallest absolute Gasteiger partial charge is 0.123 e. The first-order valence-electron chi connectivity index (χ1n) is 8.11. The van der Waals surface area contributed by atoms with Gasteiger partial charge in [0.1, 0.15) is 11.4 Å². The van der Waals surface area contributed by atoms with Crippen molar-refractivity contribution in [1.82, 2.24) is 5.32 Å². The predicted molar refractivity (Wildman–Crippen MR) is 85.4 cm³/mol. The third kappa shape index (κ3) is 3.76. The van der Waals surface area contributed by atoms with Gasteiger partial charge in [-0.1, -0.05) is 45.2 Å². The molecule has 1 aromatic rings. The fourth-order valence-corrected chi connectivity index (χ4v) is 3.08. The minimum Gasteiger partial charge on any atom is -0.487 e. The van der Waals surface area contributed by atoms with Gasteiger partial charge in [0.05, 0.1) is 0 Å². The Balaban J connectivity index is 2.10. The van der Waals surface area contributed by atoms with Crippen molar-refractivity contribution in [3.05, 3.63) is 29.3 Å². The second-order valence-electron chi connectivity index (χ2n) is 6.51. The second kappa shape index (κ2) is 6.62. The van der Waals surface area contributed by atoms with Crippen molar-refractivity contribution in [1.29, 1.82) is 0 Å². The third-order valence-electron chi connectivity index (χ3n) is 4.04. The fourth-order valence-electron chi connectivity index (χ4n) is 3.08. The number of fused-ring (bicyclic) bond motifs is 1. The topological polar surface area (TPSA) is 21.3 Å². The summed E-state index contributed by atoms with van der Waals surface area (Å²) in [6.07, 6.45) is 6.15. The van der Waals surface area contributed by atoms with Crippen LogP contribution < -0.4 is 10.1 Å². The van der Waals surface area contributed by atoms with Gasteiger partial charge in [-0.15, -0.1) is 0 Å². The molecule has 0 saturated heterocycles. The molecule has 1 unspecified atom stereocenters. The van der Waals surface area contributed by atoms with Gasteiger partial charge in [0, 0.05) is 12.5 Å². The van der Waals surface area contributed by atoms with E-state index in [9.17, 15) is 0 Å². The molecule has 1 heterocycles. The SMILES string of the molecule is CCCCCC(NCC)c1ccc2c(c1)CC(C)(C)O2. The van der Waals surface area contributed by atoms with Gasteiger partial charge in [-0.25, -0.2) is 0 Å². The Kier molecular flexibility index (Phi) is 5.09. The van der Waals surface area contributed by atoms with Crippen LogP contribution in [0.3, 0.4) is 0 Å². The summed E-state index contributed by atoms with van der Waals surface area (Å²) in [6, 6.07) is 7.23. The molecule has 0 aliphatic carbocycles. The van der Waals surface area contributed by atoms with Crippen LogP contribution in [-0.4, -0.2) is 12.1 Å². The average Bonchev–Trinajstić information content (AvgIpc) is 2.70. The van der Waals surface area contributed by atoms with E-state index in [0.717, 1.165) is 18.7 Å². The summed E-state index contributed by atoms with van der Waals surface area (Å²) in [7, 11) is 0. The summed E-state index contributed by atoms with van der Waals surface area (Å²) in [5.41, 5.74) is 2.74. The number of nitrogens with one attached hydrogen (secondary N) is 1. The van der Waals surface area contributed by atoms with E-state index in [4.69, 9.17) is 4.74 Å². The Morgan fingerprint density at radius 1 is 1.25 bits per heavy atom. The lowest BCUT2D eigenvalue weighted by Crippen LogP contribution is -2.24. The van der Waals surface area contributed by atoms with E-state index in [2.05, 4.69) is 51.2 Å². The van der Waals surface area contributed by atoms with Gasteiger partial charge in [-0.2, -0.15) is 0 Å². The maximum atomic E-state index is 5.97. The molecule has 0 fully saturated rings. The van der Waals surface area contributed by atoms with Gasteiger partial charge in [0.2, 0.25) is 0 Å². The molecule has 20 heavy (non-hydrogen) atoms. The quantitative estimate of drug-likeness (QED) is 0.732. The first-order valence-corrected chi connectivity index (χ1v) is 8.11. The Bertz CT molecular complexity index is 439. The van der Waals surface area contributed by atoms with Crippen LogP contribution in [-0.2, 0) is 6.42 Å². The summed E-state index contributed by atoms with van der Waals surface area (Å²) in [5.74, 6) is 1.07. The van der Waals surface area contributed by atoms with Crippen molar-refractivity contribution in [3.63, 3.8) is 0 Å². The lowest BCUT2D eigenvalue weighted by molar-refractivity contribution is 0.138. The van der Waals surface area contributed by atoms with Gasteiger partial charge < -0.3 is 10.1 Å². The van der Waals surface area contributed by atoms with Crippen LogP contribution in [0.15, 0.2) is 18.2 Å². The highest BCUT2D eigenvalue weighted by Crippen LogP contribution is 2.36. The number of rotatable bonds is 7. The van der Waals surface area contributed by atoms with Gasteiger partial charge >= 0.3 is 0 Å². The normalized spacial score (nSPS) is 17.6. The van der Waals surface area contributed by atoms with E-state index in [-0.39, 0.29) is 5.60 Å². The fraction of sp³-hybridized carbons (Fsp3) is 0.667. The van der Waals surface area contributed by atoms with Crippen molar-refractivity contribution in [2.45, 2.75) is 71.4 Å². The Hall–Kier alpha value is -1.02. The van der Waals surface area contributed by atoms with E-state index in [1.807, 2.05) is 0 Å². The van der Waals surface area contributed by atoms with E-state index in [1.54, 1.807) is 0 Å². The number of hydrogen-bond acceptors (Lipinski definition) is 2. The van der Waals surface area contributed by atoms with Crippen molar-refractivity contribution < 1.29 is 4.74 Å². The highest BCUT2D eigenvalue weighted by atomic mass is 16.5. The zero-order valence-electron chi connectivity index (χ0n) is 13.5. The van der Waals surface area contributed by atoms with E-state index >= 15 is 0 Å². The molecule has 1 N–H and O–H groups in total. The lowest BCUT2D eigenvalue weighted by atomic mass is 9.95. The molecule has 112 valence electrons. The maximum Gasteiger partial charge on any atom is 0.123 e. The molecule has 0 amide bonds. The minimum atomic E-state index is -0.0448. The molecule has 1 atom stereocenters. The monoisotopic (exact) mass is 275 g/mol. The predicted octanol–water partition coefficient (Wildman–Crippen LogP) is 4.63. The van der Waals surface area contributed by atoms with Crippen molar-refractivity contribution in [2.24, 2.45) is 0 Å². The zero-order valence-corrected chi connectivity index (χ0v) is 13.5. The number of benzene rings is 1. The summed E-state index contributed by atoms with van der Waals surface area (Å²) in [6.45, 7) is 9.80. The molecule has 2 rings (SSSR count). The summed E-state index contributed by atoms with van der Waals surface area (Å²) in [4.78, 5) is 0. The molecule has 0 spiro atoms. The van der Waals surface area contributed by atoms with Gasteiger partial charge in [-0.3, -0.25) is 0 Å². The highest BCUT2D eigenvalue weighted by Gasteiger charge is 2.30. The van der Waals surface area contributed by atoms with Gasteiger partial charge in [-0.05, 0) is 44.0 Å². The lowest BCUT2D eigenvalue weighted by Gasteiger charge is -2.19. The first-order chi connectivity index (χ1) is 9.55. The van der Waals surface area contributed by atoms with Gasteiger partial charge in [0.25, 0.3) is 0 Å². The largest absolute Gasteiger partial charge is 0.487 e. The first kappa shape index (κ1) is 15.4. The third-order valence-corrected chi connectivity index (χ3v) is 4.04. The molecule has 2 heteroatoms. The molecule has 1 aliphatic heterocycles. The molecule has 1 aliphatic rings. The minimum absolute atomic E-state index is 0.0448. The van der Waals surface area contributed by atoms with Crippen LogP contribution in [0.5, 0.6) is 5.75 Å². The molecule has 0 saturated carbocycles. The average molecular weight is 275 g/mol. The second-order valence-corrected chi connectivity index (χ2v) is 6.51. The van der Waals surface area contributed by atoms with E-state index in [1.165, 1.54) is 36.8 Å². The van der Waals surface area contributed by atoms with Crippen molar-refractivity contribution >= 4 is 0 Å². The van der Waals surface area contributed by atoms with Crippen LogP contribution in [0.25, 0.3) is 0 Å². The Labute approximate surface area is 123 Å². The Morgan fingerprint density at radius 2 is 2.05 bits per heavy atom. The molecule has 0 aromatic heterocycles. The van der Waals surface area contributed by atoms with Crippen LogP contribution >= 0.6 is 0 Å². The molecule has 0 bridgehead atoms. The van der Waals surface area contributed by atoms with Crippen LogP contribution in [0.2, 0.25) is 0 Å². The van der Waals surface area contributed by atoms with E-state index < -0.39 is 0 Å². The van der Waals surface area contributed by atoms with Crippen LogP contribution in [0.1, 0.15) is 70.5 Å². The van der Waals surface area contributed by atoms with Crippen molar-refractivity contribution in [3.8, 4) is 5.75 Å². The zero-order chi connectivity index (χ0) is 14.6. The molecule has 2 nitrogen and oxygen atoms in total. The highest BCUT2D eigenvalue weighted by molar-refractivity contribution is 5.42. The number of ether oxygens (including phenoxy) is 1.